The molecule has 2 atom stereocenters. The first-order valence-corrected chi connectivity index (χ1v) is 12.3. The van der Waals surface area contributed by atoms with Crippen molar-refractivity contribution in [2.45, 2.75) is 65.1 Å². The Kier molecular flexibility index (Phi) is 6.00. The van der Waals surface area contributed by atoms with E-state index >= 15 is 4.39 Å². The highest BCUT2D eigenvalue weighted by molar-refractivity contribution is 5.84. The molecule has 1 fully saturated rings. The highest BCUT2D eigenvalue weighted by atomic mass is 19.1. The standard InChI is InChI=1S/C27H29F2N5O3/c1-15-12-32-13-18(10-21(29)24(32)31-15)17-9-20(28)23-22(11-17)30-14-34(25(23)35)19-6-7-33(16(2)8-19)26(36)37-27(3,4)5/h9-14,16,19H,6-8H2,1-5H3/t16-,19-/m0/s1. The Labute approximate surface area is 212 Å². The molecule has 1 aliphatic rings. The van der Waals surface area contributed by atoms with Gasteiger partial charge in [0.1, 0.15) is 16.8 Å². The summed E-state index contributed by atoms with van der Waals surface area (Å²) >= 11 is 0. The molecule has 0 aliphatic carbocycles. The molecule has 1 amide bonds. The van der Waals surface area contributed by atoms with Gasteiger partial charge in [0, 0.05) is 36.6 Å². The second-order valence-corrected chi connectivity index (χ2v) is 10.7. The number of ether oxygens (including phenoxy) is 1. The molecule has 4 aromatic rings. The Morgan fingerprint density at radius 3 is 2.54 bits per heavy atom. The second-order valence-electron chi connectivity index (χ2n) is 10.7. The molecule has 0 radical (unpaired) electrons. The van der Waals surface area contributed by atoms with Crippen molar-refractivity contribution in [2.75, 3.05) is 6.54 Å². The fourth-order valence-corrected chi connectivity index (χ4v) is 4.97. The summed E-state index contributed by atoms with van der Waals surface area (Å²) in [5.74, 6) is -1.25. The van der Waals surface area contributed by atoms with Crippen LogP contribution in [0, 0.1) is 18.6 Å². The maximum atomic E-state index is 15.3. The third-order valence-corrected chi connectivity index (χ3v) is 6.67. The van der Waals surface area contributed by atoms with Crippen LogP contribution in [0.1, 0.15) is 52.3 Å². The summed E-state index contributed by atoms with van der Waals surface area (Å²) in [5.41, 5.74) is 0.809. The average molecular weight is 510 g/mol. The Hall–Kier alpha value is -3.82. The number of imidazole rings is 1. The minimum atomic E-state index is -0.721. The Balaban J connectivity index is 1.45. The normalized spacial score (nSPS) is 18.5. The maximum Gasteiger partial charge on any atom is 0.410 e. The van der Waals surface area contributed by atoms with Crippen molar-refractivity contribution in [3.63, 3.8) is 0 Å². The van der Waals surface area contributed by atoms with Crippen LogP contribution in [0.4, 0.5) is 13.6 Å². The molecule has 10 heteroatoms. The second kappa shape index (κ2) is 8.93. The maximum absolute atomic E-state index is 15.3. The zero-order chi connectivity index (χ0) is 26.6. The molecular formula is C27H29F2N5O3. The molecule has 0 saturated carbocycles. The van der Waals surface area contributed by atoms with Gasteiger partial charge in [0.05, 0.1) is 17.5 Å². The SMILES string of the molecule is Cc1cn2cc(-c3cc(F)c4c(=O)n([C@H]5CCN(C(=O)OC(C)(C)C)[C@@H](C)C5)cnc4c3)cc(F)c2n1. The van der Waals surface area contributed by atoms with Gasteiger partial charge in [0.25, 0.3) is 5.56 Å². The average Bonchev–Trinajstić information content (AvgIpc) is 3.18. The number of carbonyl (C=O) groups is 1. The highest BCUT2D eigenvalue weighted by Gasteiger charge is 2.33. The first kappa shape index (κ1) is 24.9. The lowest BCUT2D eigenvalue weighted by atomic mass is 9.98. The molecular weight excluding hydrogens is 480 g/mol. The van der Waals surface area contributed by atoms with Crippen molar-refractivity contribution in [1.82, 2.24) is 23.8 Å². The van der Waals surface area contributed by atoms with Crippen molar-refractivity contribution < 1.29 is 18.3 Å². The van der Waals surface area contributed by atoms with E-state index in [1.807, 2.05) is 27.7 Å². The summed E-state index contributed by atoms with van der Waals surface area (Å²) in [4.78, 5) is 36.1. The third kappa shape index (κ3) is 4.68. The molecule has 8 nitrogen and oxygen atoms in total. The van der Waals surface area contributed by atoms with Gasteiger partial charge < -0.3 is 14.0 Å². The molecule has 1 saturated heterocycles. The highest BCUT2D eigenvalue weighted by Crippen LogP contribution is 2.30. The fourth-order valence-electron chi connectivity index (χ4n) is 4.97. The lowest BCUT2D eigenvalue weighted by Gasteiger charge is -2.38. The summed E-state index contributed by atoms with van der Waals surface area (Å²) < 4.78 is 38.4. The van der Waals surface area contributed by atoms with E-state index in [1.54, 1.807) is 34.7 Å². The number of benzene rings is 1. The summed E-state index contributed by atoms with van der Waals surface area (Å²) in [7, 11) is 0. The number of aromatic nitrogens is 4. The van der Waals surface area contributed by atoms with Gasteiger partial charge in [-0.2, -0.15) is 0 Å². The summed E-state index contributed by atoms with van der Waals surface area (Å²) in [6.07, 6.45) is 5.42. The third-order valence-electron chi connectivity index (χ3n) is 6.67. The van der Waals surface area contributed by atoms with Crippen molar-refractivity contribution in [1.29, 1.82) is 0 Å². The van der Waals surface area contributed by atoms with E-state index in [0.29, 0.717) is 36.2 Å². The number of aryl methyl sites for hydroxylation is 1. The van der Waals surface area contributed by atoms with E-state index in [4.69, 9.17) is 4.74 Å². The lowest BCUT2D eigenvalue weighted by molar-refractivity contribution is 0.00769. The fraction of sp³-hybridized carbons (Fsp3) is 0.407. The number of carbonyl (C=O) groups excluding carboxylic acids is 1. The van der Waals surface area contributed by atoms with E-state index in [2.05, 4.69) is 9.97 Å². The van der Waals surface area contributed by atoms with Gasteiger partial charge in [0.2, 0.25) is 0 Å². The molecule has 0 unspecified atom stereocenters. The predicted molar refractivity (Wildman–Crippen MR) is 136 cm³/mol. The Morgan fingerprint density at radius 1 is 1.11 bits per heavy atom. The molecule has 0 spiro atoms. The number of fused-ring (bicyclic) bond motifs is 2. The van der Waals surface area contributed by atoms with Gasteiger partial charge in [-0.3, -0.25) is 9.36 Å². The van der Waals surface area contributed by atoms with Crippen molar-refractivity contribution >= 4 is 22.6 Å². The zero-order valence-electron chi connectivity index (χ0n) is 21.5. The van der Waals surface area contributed by atoms with Crippen LogP contribution >= 0.6 is 0 Å². The number of hydrogen-bond acceptors (Lipinski definition) is 5. The Bertz CT molecular complexity index is 1590. The minimum Gasteiger partial charge on any atom is -0.444 e. The molecule has 1 aliphatic heterocycles. The predicted octanol–water partition coefficient (Wildman–Crippen LogP) is 5.26. The zero-order valence-corrected chi connectivity index (χ0v) is 21.5. The summed E-state index contributed by atoms with van der Waals surface area (Å²) in [5, 5.41) is -0.117. The molecule has 0 N–H and O–H groups in total. The number of halogens is 2. The molecule has 194 valence electrons. The van der Waals surface area contributed by atoms with Gasteiger partial charge in [0.15, 0.2) is 11.5 Å². The van der Waals surface area contributed by atoms with Crippen molar-refractivity contribution in [2.24, 2.45) is 0 Å². The van der Waals surface area contributed by atoms with Gasteiger partial charge in [-0.1, -0.05) is 0 Å². The monoisotopic (exact) mass is 509 g/mol. The van der Waals surface area contributed by atoms with Crippen LogP contribution in [0.25, 0.3) is 27.7 Å². The number of likely N-dealkylation sites (tertiary alicyclic amines) is 1. The Morgan fingerprint density at radius 2 is 1.84 bits per heavy atom. The minimum absolute atomic E-state index is 0.117. The summed E-state index contributed by atoms with van der Waals surface area (Å²) in [6.45, 7) is 9.52. The number of amides is 1. The van der Waals surface area contributed by atoms with Gasteiger partial charge >= 0.3 is 6.09 Å². The van der Waals surface area contributed by atoms with Crippen LogP contribution in [0.3, 0.4) is 0 Å². The molecule has 4 heterocycles. The smallest absolute Gasteiger partial charge is 0.410 e. The van der Waals surface area contributed by atoms with Crippen LogP contribution in [-0.4, -0.2) is 48.1 Å². The van der Waals surface area contributed by atoms with E-state index in [0.717, 1.165) is 0 Å². The van der Waals surface area contributed by atoms with E-state index in [-0.39, 0.29) is 34.7 Å². The molecule has 3 aromatic heterocycles. The number of pyridine rings is 1. The first-order chi connectivity index (χ1) is 17.4. The van der Waals surface area contributed by atoms with Crippen molar-refractivity contribution in [3.05, 3.63) is 64.6 Å². The van der Waals surface area contributed by atoms with Gasteiger partial charge in [-0.05, 0) is 71.2 Å². The molecule has 5 rings (SSSR count). The topological polar surface area (TPSA) is 81.7 Å². The molecule has 1 aromatic carbocycles. The number of piperidine rings is 1. The first-order valence-electron chi connectivity index (χ1n) is 12.3. The van der Waals surface area contributed by atoms with Gasteiger partial charge in [-0.25, -0.2) is 23.5 Å². The number of hydrogen-bond donors (Lipinski definition) is 0. The van der Waals surface area contributed by atoms with Crippen LogP contribution in [-0.2, 0) is 4.74 Å². The van der Waals surface area contributed by atoms with E-state index < -0.39 is 22.8 Å². The van der Waals surface area contributed by atoms with Crippen LogP contribution in [0.15, 0.2) is 41.7 Å². The lowest BCUT2D eigenvalue weighted by Crippen LogP contribution is -2.48. The molecule has 0 bridgehead atoms. The van der Waals surface area contributed by atoms with Crippen LogP contribution in [0.5, 0.6) is 0 Å². The quantitative estimate of drug-likeness (QED) is 0.368. The molecule has 37 heavy (non-hydrogen) atoms. The largest absolute Gasteiger partial charge is 0.444 e. The van der Waals surface area contributed by atoms with E-state index in [9.17, 15) is 14.0 Å². The van der Waals surface area contributed by atoms with Crippen molar-refractivity contribution in [3.8, 4) is 11.1 Å². The van der Waals surface area contributed by atoms with Gasteiger partial charge in [-0.15, -0.1) is 0 Å². The van der Waals surface area contributed by atoms with E-state index in [1.165, 1.54) is 23.0 Å². The number of rotatable bonds is 2. The number of nitrogens with zero attached hydrogens (tertiary/aromatic N) is 5. The van der Waals surface area contributed by atoms with Crippen LogP contribution < -0.4 is 5.56 Å². The summed E-state index contributed by atoms with van der Waals surface area (Å²) in [6, 6.07) is 3.71. The van der Waals surface area contributed by atoms with Crippen LogP contribution in [0.2, 0.25) is 0 Å².